The van der Waals surface area contributed by atoms with E-state index in [0.717, 1.165) is 11.1 Å². The highest BCUT2D eigenvalue weighted by atomic mass is 16.6. The van der Waals surface area contributed by atoms with Gasteiger partial charge in [-0.05, 0) is 30.4 Å². The number of hydrogen-bond acceptors (Lipinski definition) is 4. The van der Waals surface area contributed by atoms with Crippen LogP contribution in [0, 0.1) is 5.92 Å². The van der Waals surface area contributed by atoms with Crippen molar-refractivity contribution in [2.24, 2.45) is 5.92 Å². The lowest BCUT2D eigenvalue weighted by molar-refractivity contribution is -0.142. The summed E-state index contributed by atoms with van der Waals surface area (Å²) in [6, 6.07) is 9.62. The molecule has 1 unspecified atom stereocenters. The van der Waals surface area contributed by atoms with Crippen molar-refractivity contribution >= 4 is 17.6 Å². The number of rotatable bonds is 10. The summed E-state index contributed by atoms with van der Waals surface area (Å²) in [5.74, 6) is -0.231. The van der Waals surface area contributed by atoms with E-state index in [4.69, 9.17) is 9.47 Å². The van der Waals surface area contributed by atoms with Crippen LogP contribution in [0.15, 0.2) is 73.5 Å². The Kier molecular flexibility index (Phi) is 10.1. The molecule has 0 heterocycles. The Labute approximate surface area is 167 Å². The predicted molar refractivity (Wildman–Crippen MR) is 112 cm³/mol. The summed E-state index contributed by atoms with van der Waals surface area (Å²) in [6.07, 6.45) is 6.27. The van der Waals surface area contributed by atoms with Crippen LogP contribution in [-0.4, -0.2) is 24.8 Å². The van der Waals surface area contributed by atoms with Crippen molar-refractivity contribution in [2.75, 3.05) is 6.61 Å². The zero-order valence-corrected chi connectivity index (χ0v) is 16.8. The van der Waals surface area contributed by atoms with Gasteiger partial charge in [0, 0.05) is 11.8 Å². The molecule has 0 aliphatic carbocycles. The van der Waals surface area contributed by atoms with Crippen molar-refractivity contribution < 1.29 is 19.1 Å². The van der Waals surface area contributed by atoms with E-state index in [1.54, 1.807) is 25.3 Å². The highest BCUT2D eigenvalue weighted by Crippen LogP contribution is 2.15. The highest BCUT2D eigenvalue weighted by Gasteiger charge is 2.18. The number of nitrogens with one attached hydrogen (secondary N) is 1. The number of amides is 1. The molecule has 0 saturated heterocycles. The number of carbonyl (C=O) groups excluding carboxylic acids is 2. The molecule has 28 heavy (non-hydrogen) atoms. The van der Waals surface area contributed by atoms with Gasteiger partial charge in [-0.3, -0.25) is 5.32 Å². The average molecular weight is 383 g/mol. The molecule has 1 rings (SSSR count). The highest BCUT2D eigenvalue weighted by molar-refractivity contribution is 5.87. The van der Waals surface area contributed by atoms with Crippen molar-refractivity contribution in [3.05, 3.63) is 79.1 Å². The zero-order chi connectivity index (χ0) is 20.9. The molecule has 0 saturated carbocycles. The summed E-state index contributed by atoms with van der Waals surface area (Å²) in [6.45, 7) is 12.8. The second-order valence-electron chi connectivity index (χ2n) is 6.74. The van der Waals surface area contributed by atoms with Gasteiger partial charge in [-0.2, -0.15) is 0 Å². The molecule has 0 spiro atoms. The molecule has 5 nitrogen and oxygen atoms in total. The van der Waals surface area contributed by atoms with Gasteiger partial charge >= 0.3 is 12.1 Å². The minimum atomic E-state index is -0.613. The van der Waals surface area contributed by atoms with Crippen molar-refractivity contribution in [3.63, 3.8) is 0 Å². The van der Waals surface area contributed by atoms with Crippen molar-refractivity contribution in [3.8, 4) is 0 Å². The molecule has 1 aromatic carbocycles. The van der Waals surface area contributed by atoms with Gasteiger partial charge in [0.25, 0.3) is 0 Å². The first-order valence-electron chi connectivity index (χ1n) is 9.18. The van der Waals surface area contributed by atoms with Crippen LogP contribution < -0.4 is 5.32 Å². The second kappa shape index (κ2) is 12.3. The first-order chi connectivity index (χ1) is 13.3. The first-order valence-corrected chi connectivity index (χ1v) is 9.18. The first kappa shape index (κ1) is 23.0. The van der Waals surface area contributed by atoms with E-state index >= 15 is 0 Å². The number of esters is 1. The van der Waals surface area contributed by atoms with E-state index in [9.17, 15) is 9.59 Å². The van der Waals surface area contributed by atoms with Gasteiger partial charge in [0.15, 0.2) is 0 Å². The molecular weight excluding hydrogens is 354 g/mol. The summed E-state index contributed by atoms with van der Waals surface area (Å²) in [7, 11) is 0. The standard InChI is InChI=1S/C23H29NO4/c1-6-7-11-20(19-12-9-8-10-13-19)15-24-23(26)28-21(14-17(2)3)16-27-22(25)18(4)5/h6-13,15,17,21H,1,4,14,16H2,2-3,5H3,(H,24,26)/b11-7-,20-15-. The molecule has 0 fully saturated rings. The zero-order valence-electron chi connectivity index (χ0n) is 16.8. The molecule has 1 aromatic rings. The third kappa shape index (κ3) is 9.03. The van der Waals surface area contributed by atoms with Gasteiger partial charge in [0.05, 0.1) is 0 Å². The monoisotopic (exact) mass is 383 g/mol. The topological polar surface area (TPSA) is 64.6 Å². The lowest BCUT2D eigenvalue weighted by atomic mass is 10.1. The third-order valence-electron chi connectivity index (χ3n) is 3.62. The van der Waals surface area contributed by atoms with Gasteiger partial charge in [0.2, 0.25) is 0 Å². The largest absolute Gasteiger partial charge is 0.458 e. The number of ether oxygens (including phenoxy) is 2. The normalized spacial score (nSPS) is 12.5. The van der Waals surface area contributed by atoms with E-state index < -0.39 is 18.2 Å². The third-order valence-corrected chi connectivity index (χ3v) is 3.62. The molecule has 0 aliphatic rings. The van der Waals surface area contributed by atoms with Gasteiger partial charge in [0.1, 0.15) is 12.7 Å². The lowest BCUT2D eigenvalue weighted by Crippen LogP contribution is -2.31. The van der Waals surface area contributed by atoms with Crippen LogP contribution in [0.4, 0.5) is 4.79 Å². The Balaban J connectivity index is 2.78. The van der Waals surface area contributed by atoms with Crippen LogP contribution in [-0.2, 0) is 14.3 Å². The van der Waals surface area contributed by atoms with Crippen LogP contribution in [0.25, 0.3) is 5.57 Å². The van der Waals surface area contributed by atoms with Gasteiger partial charge < -0.3 is 9.47 Å². The number of benzene rings is 1. The Morgan fingerprint density at radius 3 is 2.46 bits per heavy atom. The summed E-state index contributed by atoms with van der Waals surface area (Å²) in [4.78, 5) is 23.8. The smallest absolute Gasteiger partial charge is 0.411 e. The van der Waals surface area contributed by atoms with Crippen LogP contribution in [0.5, 0.6) is 0 Å². The molecule has 1 amide bonds. The molecule has 0 bridgehead atoms. The quantitative estimate of drug-likeness (QED) is 0.350. The summed E-state index contributed by atoms with van der Waals surface area (Å²) >= 11 is 0. The van der Waals surface area contributed by atoms with Crippen LogP contribution in [0.3, 0.4) is 0 Å². The fraction of sp³-hybridized carbons (Fsp3) is 0.304. The fourth-order valence-electron chi connectivity index (χ4n) is 2.32. The lowest BCUT2D eigenvalue weighted by Gasteiger charge is -2.19. The van der Waals surface area contributed by atoms with Gasteiger partial charge in [-0.1, -0.05) is 75.6 Å². The molecule has 1 atom stereocenters. The van der Waals surface area contributed by atoms with Crippen molar-refractivity contribution in [1.82, 2.24) is 5.32 Å². The maximum atomic E-state index is 12.2. The maximum absolute atomic E-state index is 12.2. The molecule has 0 aliphatic heterocycles. The summed E-state index contributed by atoms with van der Waals surface area (Å²) in [5.41, 5.74) is 2.04. The molecule has 5 heteroatoms. The SMILES string of the molecule is C=C/C=C\C(=C\NC(=O)OC(COC(=O)C(=C)C)CC(C)C)c1ccccc1. The Hall–Kier alpha value is -3.08. The summed E-state index contributed by atoms with van der Waals surface area (Å²) < 4.78 is 10.6. The Bertz CT molecular complexity index is 732. The van der Waals surface area contributed by atoms with Crippen molar-refractivity contribution in [2.45, 2.75) is 33.3 Å². The van der Waals surface area contributed by atoms with E-state index in [-0.39, 0.29) is 12.5 Å². The molecule has 0 radical (unpaired) electrons. The number of alkyl carbamates (subject to hydrolysis) is 1. The van der Waals surface area contributed by atoms with E-state index in [2.05, 4.69) is 18.5 Å². The maximum Gasteiger partial charge on any atom is 0.411 e. The fourth-order valence-corrected chi connectivity index (χ4v) is 2.32. The molecule has 150 valence electrons. The van der Waals surface area contributed by atoms with E-state index in [1.165, 1.54) is 0 Å². The van der Waals surface area contributed by atoms with E-state index in [1.807, 2.05) is 50.3 Å². The number of carbonyl (C=O) groups is 2. The predicted octanol–water partition coefficient (Wildman–Crippen LogP) is 5.03. The second-order valence-corrected chi connectivity index (χ2v) is 6.74. The van der Waals surface area contributed by atoms with Crippen LogP contribution in [0.1, 0.15) is 32.8 Å². The summed E-state index contributed by atoms with van der Waals surface area (Å²) in [5, 5.41) is 2.64. The van der Waals surface area contributed by atoms with Crippen LogP contribution in [0.2, 0.25) is 0 Å². The average Bonchev–Trinajstić information content (AvgIpc) is 2.66. The van der Waals surface area contributed by atoms with Crippen molar-refractivity contribution in [1.29, 1.82) is 0 Å². The molecular formula is C23H29NO4. The Morgan fingerprint density at radius 2 is 1.89 bits per heavy atom. The number of hydrogen-bond donors (Lipinski definition) is 1. The minimum absolute atomic E-state index is 0.0110. The van der Waals surface area contributed by atoms with Gasteiger partial charge in [-0.15, -0.1) is 0 Å². The molecule has 0 aromatic heterocycles. The van der Waals surface area contributed by atoms with Crippen LogP contribution >= 0.6 is 0 Å². The van der Waals surface area contributed by atoms with Gasteiger partial charge in [-0.25, -0.2) is 9.59 Å². The van der Waals surface area contributed by atoms with E-state index in [0.29, 0.717) is 12.0 Å². The Morgan fingerprint density at radius 1 is 1.21 bits per heavy atom. The minimum Gasteiger partial charge on any atom is -0.458 e. The number of allylic oxidation sites excluding steroid dienone is 4. The molecule has 1 N–H and O–H groups in total.